The Labute approximate surface area is 210 Å². The number of benzene rings is 4. The fraction of sp³-hybridized carbons (Fsp3) is 0.133. The summed E-state index contributed by atoms with van der Waals surface area (Å²) in [5.41, 5.74) is 10.3. The van der Waals surface area contributed by atoms with Crippen LogP contribution in [0.1, 0.15) is 43.0 Å². The summed E-state index contributed by atoms with van der Waals surface area (Å²) in [6.07, 6.45) is 0. The number of hydrogen-bond donors (Lipinski definition) is 2. The van der Waals surface area contributed by atoms with Gasteiger partial charge >= 0.3 is 0 Å². The van der Waals surface area contributed by atoms with Gasteiger partial charge in [0.15, 0.2) is 0 Å². The third-order valence-corrected chi connectivity index (χ3v) is 5.59. The molecular formula is C30H28N2O4. The molecule has 0 unspecified atom stereocenters. The van der Waals surface area contributed by atoms with Crippen molar-refractivity contribution in [2.75, 3.05) is 0 Å². The van der Waals surface area contributed by atoms with E-state index in [1.54, 1.807) is 42.5 Å². The topological polar surface area (TPSA) is 90.7 Å². The maximum absolute atomic E-state index is 12.7. The van der Waals surface area contributed by atoms with E-state index in [2.05, 4.69) is 5.32 Å². The van der Waals surface area contributed by atoms with E-state index < -0.39 is 5.91 Å². The molecule has 0 aliphatic carbocycles. The van der Waals surface area contributed by atoms with Gasteiger partial charge in [-0.15, -0.1) is 0 Å². The number of nitrogens with one attached hydrogen (secondary N) is 1. The van der Waals surface area contributed by atoms with Gasteiger partial charge in [0.1, 0.15) is 12.4 Å². The fourth-order valence-corrected chi connectivity index (χ4v) is 3.66. The summed E-state index contributed by atoms with van der Waals surface area (Å²) >= 11 is 0. The predicted molar refractivity (Wildman–Crippen MR) is 138 cm³/mol. The number of hydrogen-bond acceptors (Lipinski definition) is 4. The molecular weight excluding hydrogens is 452 g/mol. The van der Waals surface area contributed by atoms with Gasteiger partial charge < -0.3 is 20.5 Å². The molecule has 4 rings (SSSR count). The SMILES string of the molecule is NC(=O)c1ccccc1OCc1cccc(C(=O)NCc2ccc(COCc3ccccc3)cc2)c1. The van der Waals surface area contributed by atoms with Crippen molar-refractivity contribution in [2.24, 2.45) is 5.73 Å². The van der Waals surface area contributed by atoms with Gasteiger partial charge in [-0.1, -0.05) is 78.9 Å². The van der Waals surface area contributed by atoms with Crippen LogP contribution in [0.15, 0.2) is 103 Å². The van der Waals surface area contributed by atoms with E-state index in [0.29, 0.717) is 36.6 Å². The zero-order valence-corrected chi connectivity index (χ0v) is 19.9. The van der Waals surface area contributed by atoms with Crippen LogP contribution in [-0.4, -0.2) is 11.8 Å². The quantitative estimate of drug-likeness (QED) is 0.316. The average Bonchev–Trinajstić information content (AvgIpc) is 2.92. The molecule has 4 aromatic carbocycles. The van der Waals surface area contributed by atoms with Gasteiger partial charge in [0, 0.05) is 12.1 Å². The van der Waals surface area contributed by atoms with Crippen LogP contribution in [0.2, 0.25) is 0 Å². The molecule has 0 fully saturated rings. The number of nitrogens with two attached hydrogens (primary N) is 1. The number of carbonyl (C=O) groups is 2. The molecule has 0 aromatic heterocycles. The molecule has 0 spiro atoms. The Kier molecular flexibility index (Phi) is 8.46. The minimum atomic E-state index is -0.550. The summed E-state index contributed by atoms with van der Waals surface area (Å²) in [4.78, 5) is 24.3. The van der Waals surface area contributed by atoms with Crippen molar-refractivity contribution < 1.29 is 19.1 Å². The molecule has 4 aromatic rings. The summed E-state index contributed by atoms with van der Waals surface area (Å²) in [5, 5.41) is 2.95. The van der Waals surface area contributed by atoms with Gasteiger partial charge in [-0.2, -0.15) is 0 Å². The lowest BCUT2D eigenvalue weighted by Gasteiger charge is -2.11. The molecule has 3 N–H and O–H groups in total. The van der Waals surface area contributed by atoms with Crippen molar-refractivity contribution in [1.82, 2.24) is 5.32 Å². The second-order valence-corrected chi connectivity index (χ2v) is 8.33. The highest BCUT2D eigenvalue weighted by molar-refractivity contribution is 5.95. The number of primary amides is 1. The first-order chi connectivity index (χ1) is 17.6. The van der Waals surface area contributed by atoms with Crippen LogP contribution in [0.4, 0.5) is 0 Å². The van der Waals surface area contributed by atoms with Crippen LogP contribution in [0.25, 0.3) is 0 Å². The Morgan fingerprint density at radius 1 is 0.667 bits per heavy atom. The molecule has 36 heavy (non-hydrogen) atoms. The Balaban J connectivity index is 1.26. The maximum Gasteiger partial charge on any atom is 0.252 e. The Bertz CT molecular complexity index is 1300. The second-order valence-electron chi connectivity index (χ2n) is 8.33. The summed E-state index contributed by atoms with van der Waals surface area (Å²) in [5.74, 6) is -0.315. The van der Waals surface area contributed by atoms with E-state index in [1.807, 2.05) is 60.7 Å². The number of rotatable bonds is 11. The van der Waals surface area contributed by atoms with E-state index in [9.17, 15) is 9.59 Å². The van der Waals surface area contributed by atoms with Gasteiger partial charge in [-0.05, 0) is 46.5 Å². The number of para-hydroxylation sites is 1. The molecule has 0 radical (unpaired) electrons. The highest BCUT2D eigenvalue weighted by atomic mass is 16.5. The lowest BCUT2D eigenvalue weighted by atomic mass is 10.1. The number of amides is 2. The monoisotopic (exact) mass is 480 g/mol. The lowest BCUT2D eigenvalue weighted by molar-refractivity contribution is 0.0949. The van der Waals surface area contributed by atoms with Crippen molar-refractivity contribution in [1.29, 1.82) is 0 Å². The van der Waals surface area contributed by atoms with E-state index in [4.69, 9.17) is 15.2 Å². The Morgan fingerprint density at radius 3 is 2.06 bits per heavy atom. The summed E-state index contributed by atoms with van der Waals surface area (Å²) in [6.45, 7) is 1.72. The summed E-state index contributed by atoms with van der Waals surface area (Å²) < 4.78 is 11.5. The first-order valence-corrected chi connectivity index (χ1v) is 11.7. The van der Waals surface area contributed by atoms with Gasteiger partial charge in [-0.25, -0.2) is 0 Å². The van der Waals surface area contributed by atoms with Crippen molar-refractivity contribution in [3.05, 3.63) is 137 Å². The molecule has 0 bridgehead atoms. The first kappa shape index (κ1) is 24.7. The normalized spacial score (nSPS) is 10.6. The molecule has 6 nitrogen and oxygen atoms in total. The zero-order valence-electron chi connectivity index (χ0n) is 19.9. The largest absolute Gasteiger partial charge is 0.488 e. The third-order valence-electron chi connectivity index (χ3n) is 5.59. The van der Waals surface area contributed by atoms with Crippen LogP contribution < -0.4 is 15.8 Å². The molecule has 0 aliphatic rings. The summed E-state index contributed by atoms with van der Waals surface area (Å²) in [6, 6.07) is 32.1. The van der Waals surface area contributed by atoms with Gasteiger partial charge in [0.2, 0.25) is 0 Å². The minimum absolute atomic E-state index is 0.176. The molecule has 182 valence electrons. The van der Waals surface area contributed by atoms with E-state index in [1.165, 1.54) is 0 Å². The minimum Gasteiger partial charge on any atom is -0.488 e. The molecule has 0 saturated heterocycles. The van der Waals surface area contributed by atoms with Crippen molar-refractivity contribution in [3.8, 4) is 5.75 Å². The molecule has 0 saturated carbocycles. The lowest BCUT2D eigenvalue weighted by Crippen LogP contribution is -2.23. The smallest absolute Gasteiger partial charge is 0.252 e. The van der Waals surface area contributed by atoms with Crippen LogP contribution >= 0.6 is 0 Å². The Hall–Kier alpha value is -4.42. The van der Waals surface area contributed by atoms with Crippen molar-refractivity contribution in [3.63, 3.8) is 0 Å². The fourth-order valence-electron chi connectivity index (χ4n) is 3.66. The van der Waals surface area contributed by atoms with Crippen LogP contribution in [0.3, 0.4) is 0 Å². The zero-order chi connectivity index (χ0) is 25.2. The maximum atomic E-state index is 12.7. The molecule has 0 aliphatic heterocycles. The second kappa shape index (κ2) is 12.3. The van der Waals surface area contributed by atoms with E-state index in [0.717, 1.165) is 22.3 Å². The van der Waals surface area contributed by atoms with E-state index in [-0.39, 0.29) is 12.5 Å². The van der Waals surface area contributed by atoms with Crippen LogP contribution in [-0.2, 0) is 31.1 Å². The standard InChI is InChI=1S/C30H28N2O4/c31-29(33)27-11-4-5-12-28(27)36-21-25-9-6-10-26(17-25)30(34)32-18-22-13-15-24(16-14-22)20-35-19-23-7-2-1-3-8-23/h1-17H,18-21H2,(H2,31,33)(H,32,34). The highest BCUT2D eigenvalue weighted by Gasteiger charge is 2.10. The van der Waals surface area contributed by atoms with Gasteiger partial charge in [0.25, 0.3) is 11.8 Å². The van der Waals surface area contributed by atoms with Crippen LogP contribution in [0.5, 0.6) is 5.75 Å². The third kappa shape index (κ3) is 7.04. The predicted octanol–water partition coefficient (Wildman–Crippen LogP) is 5.01. The van der Waals surface area contributed by atoms with E-state index >= 15 is 0 Å². The number of carbonyl (C=O) groups excluding carboxylic acids is 2. The van der Waals surface area contributed by atoms with Crippen molar-refractivity contribution >= 4 is 11.8 Å². The molecule has 6 heteroatoms. The molecule has 0 heterocycles. The Morgan fingerprint density at radius 2 is 1.31 bits per heavy atom. The van der Waals surface area contributed by atoms with Gasteiger partial charge in [0.05, 0.1) is 18.8 Å². The number of ether oxygens (including phenoxy) is 2. The molecule has 0 atom stereocenters. The van der Waals surface area contributed by atoms with Crippen LogP contribution in [0, 0.1) is 0 Å². The molecule has 2 amide bonds. The first-order valence-electron chi connectivity index (χ1n) is 11.7. The average molecular weight is 481 g/mol. The highest BCUT2D eigenvalue weighted by Crippen LogP contribution is 2.19. The van der Waals surface area contributed by atoms with Gasteiger partial charge in [-0.3, -0.25) is 9.59 Å². The summed E-state index contributed by atoms with van der Waals surface area (Å²) in [7, 11) is 0. The van der Waals surface area contributed by atoms with Crippen molar-refractivity contribution in [2.45, 2.75) is 26.4 Å².